The molecule has 0 radical (unpaired) electrons. The van der Waals surface area contributed by atoms with Crippen LogP contribution in [0.3, 0.4) is 0 Å². The highest BCUT2D eigenvalue weighted by atomic mass is 16.5. The van der Waals surface area contributed by atoms with Crippen molar-refractivity contribution in [2.75, 3.05) is 6.61 Å². The molecule has 2 aromatic carbocycles. The lowest BCUT2D eigenvalue weighted by Crippen LogP contribution is -2.53. The number of nitrogens with zero attached hydrogens (tertiary/aromatic N) is 1. The first kappa shape index (κ1) is 22.0. The number of rotatable bonds is 9. The third-order valence-corrected chi connectivity index (χ3v) is 4.84. The Morgan fingerprint density at radius 1 is 0.935 bits per heavy atom. The number of amides is 2. The maximum atomic E-state index is 12.1. The number of nitrogens with two attached hydrogens (primary N) is 1. The Morgan fingerprint density at radius 2 is 1.55 bits per heavy atom. The van der Waals surface area contributed by atoms with E-state index < -0.39 is 11.4 Å². The third-order valence-electron chi connectivity index (χ3n) is 4.84. The zero-order chi connectivity index (χ0) is 22.3. The predicted molar refractivity (Wildman–Crippen MR) is 121 cm³/mol. The summed E-state index contributed by atoms with van der Waals surface area (Å²) >= 11 is 0. The van der Waals surface area contributed by atoms with Crippen molar-refractivity contribution in [1.29, 1.82) is 0 Å². The molecule has 0 spiro atoms. The van der Waals surface area contributed by atoms with Gasteiger partial charge in [0.25, 0.3) is 0 Å². The van der Waals surface area contributed by atoms with Crippen LogP contribution in [0, 0.1) is 0 Å². The molecule has 0 aliphatic heterocycles. The largest absolute Gasteiger partial charge is 0.478 e. The number of hydrogen-bond donors (Lipinski definition) is 2. The van der Waals surface area contributed by atoms with Crippen LogP contribution >= 0.6 is 0 Å². The van der Waals surface area contributed by atoms with Gasteiger partial charge in [-0.15, -0.1) is 0 Å². The number of nitrogens with one attached hydrogen (secondary N) is 1. The number of carbonyl (C=O) groups excluding carboxylic acids is 2. The van der Waals surface area contributed by atoms with Crippen LogP contribution in [0.1, 0.15) is 26.7 Å². The summed E-state index contributed by atoms with van der Waals surface area (Å²) in [5.41, 5.74) is 8.10. The van der Waals surface area contributed by atoms with Crippen molar-refractivity contribution >= 4 is 11.8 Å². The average Bonchev–Trinajstić information content (AvgIpc) is 2.77. The average molecular weight is 418 g/mol. The molecule has 0 saturated heterocycles. The van der Waals surface area contributed by atoms with Crippen molar-refractivity contribution in [3.63, 3.8) is 0 Å². The van der Waals surface area contributed by atoms with Crippen molar-refractivity contribution < 1.29 is 14.3 Å². The van der Waals surface area contributed by atoms with Crippen LogP contribution in [-0.4, -0.2) is 28.9 Å². The quantitative estimate of drug-likeness (QED) is 0.515. The third kappa shape index (κ3) is 6.15. The van der Waals surface area contributed by atoms with Gasteiger partial charge in [0.15, 0.2) is 0 Å². The number of aromatic nitrogens is 1. The zero-order valence-corrected chi connectivity index (χ0v) is 17.8. The summed E-state index contributed by atoms with van der Waals surface area (Å²) in [5, 5.41) is 2.63. The summed E-state index contributed by atoms with van der Waals surface area (Å²) in [5.74, 6) is -0.325. The number of carbonyl (C=O) groups is 2. The molecule has 0 aliphatic carbocycles. The Morgan fingerprint density at radius 3 is 2.16 bits per heavy atom. The summed E-state index contributed by atoms with van der Waals surface area (Å²) < 4.78 is 5.88. The van der Waals surface area contributed by atoms with Crippen LogP contribution in [0.15, 0.2) is 72.8 Å². The minimum atomic E-state index is -1.08. The molecule has 2 amide bonds. The molecule has 160 valence electrons. The second kappa shape index (κ2) is 9.89. The monoisotopic (exact) mass is 417 g/mol. The van der Waals surface area contributed by atoms with Crippen LogP contribution in [0.25, 0.3) is 22.4 Å². The molecular formula is C25H27N3O3. The summed E-state index contributed by atoms with van der Waals surface area (Å²) in [6.07, 6.45) is 0.708. The van der Waals surface area contributed by atoms with Crippen molar-refractivity contribution in [2.45, 2.75) is 32.2 Å². The van der Waals surface area contributed by atoms with Gasteiger partial charge in [0.1, 0.15) is 5.54 Å². The van der Waals surface area contributed by atoms with Crippen LogP contribution in [0.4, 0.5) is 0 Å². The number of benzene rings is 2. The molecule has 0 unspecified atom stereocenters. The summed E-state index contributed by atoms with van der Waals surface area (Å²) in [4.78, 5) is 28.1. The fraction of sp³-hybridized carbons (Fsp3) is 0.240. The van der Waals surface area contributed by atoms with Gasteiger partial charge in [0, 0.05) is 18.1 Å². The molecule has 1 heterocycles. The van der Waals surface area contributed by atoms with E-state index in [0.29, 0.717) is 18.9 Å². The Balaban J connectivity index is 1.69. The molecular weight excluding hydrogens is 390 g/mol. The second-order valence-corrected chi connectivity index (χ2v) is 7.80. The van der Waals surface area contributed by atoms with Crippen molar-refractivity contribution in [3.8, 4) is 28.3 Å². The molecule has 0 fully saturated rings. The molecule has 3 aromatic rings. The fourth-order valence-corrected chi connectivity index (χ4v) is 3.02. The fourth-order valence-electron chi connectivity index (χ4n) is 3.02. The Hall–Kier alpha value is -3.67. The van der Waals surface area contributed by atoms with Gasteiger partial charge in [0.05, 0.1) is 12.3 Å². The predicted octanol–water partition coefficient (Wildman–Crippen LogP) is 3.95. The maximum absolute atomic E-state index is 12.1. The van der Waals surface area contributed by atoms with E-state index in [-0.39, 0.29) is 12.3 Å². The van der Waals surface area contributed by atoms with E-state index in [1.807, 2.05) is 72.8 Å². The van der Waals surface area contributed by atoms with Crippen molar-refractivity contribution in [1.82, 2.24) is 10.3 Å². The van der Waals surface area contributed by atoms with Gasteiger partial charge in [-0.1, -0.05) is 60.7 Å². The van der Waals surface area contributed by atoms with Gasteiger partial charge < -0.3 is 15.8 Å². The number of ether oxygens (including phenoxy) is 1. The van der Waals surface area contributed by atoms with E-state index in [0.717, 1.165) is 22.4 Å². The van der Waals surface area contributed by atoms with Gasteiger partial charge in [-0.05, 0) is 37.5 Å². The standard InChI is InChI=1S/C25H27N3O3/c1-25(2,24(26)30)28-22(29)14-9-15-31-23-17-20(18-10-5-3-6-11-18)16-21(27-23)19-12-7-4-8-13-19/h3-8,10-13,16-17H,9,14-15H2,1-2H3,(H2,26,30)(H,28,29). The van der Waals surface area contributed by atoms with Gasteiger partial charge in [-0.25, -0.2) is 4.98 Å². The molecule has 1 aromatic heterocycles. The summed E-state index contributed by atoms with van der Waals surface area (Å²) in [6, 6.07) is 23.9. The topological polar surface area (TPSA) is 94.3 Å². The van der Waals surface area contributed by atoms with Gasteiger partial charge >= 0.3 is 0 Å². The zero-order valence-electron chi connectivity index (χ0n) is 17.8. The molecule has 0 saturated carbocycles. The lowest BCUT2D eigenvalue weighted by Gasteiger charge is -2.22. The number of hydrogen-bond acceptors (Lipinski definition) is 4. The van der Waals surface area contributed by atoms with Crippen LogP contribution in [0.5, 0.6) is 5.88 Å². The number of primary amides is 1. The van der Waals surface area contributed by atoms with Crippen molar-refractivity contribution in [2.24, 2.45) is 5.73 Å². The number of pyridine rings is 1. The smallest absolute Gasteiger partial charge is 0.242 e. The van der Waals surface area contributed by atoms with Crippen LogP contribution in [0.2, 0.25) is 0 Å². The maximum Gasteiger partial charge on any atom is 0.242 e. The lowest BCUT2D eigenvalue weighted by molar-refractivity contribution is -0.130. The van der Waals surface area contributed by atoms with E-state index in [1.165, 1.54) is 0 Å². The molecule has 0 atom stereocenters. The van der Waals surface area contributed by atoms with Crippen LogP contribution in [-0.2, 0) is 9.59 Å². The molecule has 3 rings (SSSR count). The van der Waals surface area contributed by atoms with Gasteiger partial charge in [-0.3, -0.25) is 9.59 Å². The highest BCUT2D eigenvalue weighted by Gasteiger charge is 2.26. The van der Waals surface area contributed by atoms with Gasteiger partial charge in [-0.2, -0.15) is 0 Å². The Labute approximate surface area is 182 Å². The first-order chi connectivity index (χ1) is 14.8. The van der Waals surface area contributed by atoms with E-state index in [4.69, 9.17) is 10.5 Å². The van der Waals surface area contributed by atoms with Crippen molar-refractivity contribution in [3.05, 3.63) is 72.8 Å². The summed E-state index contributed by atoms with van der Waals surface area (Å²) in [6.45, 7) is 3.48. The Bertz CT molecular complexity index is 977. The van der Waals surface area contributed by atoms with E-state index in [9.17, 15) is 9.59 Å². The molecule has 31 heavy (non-hydrogen) atoms. The van der Waals surface area contributed by atoms with E-state index in [1.54, 1.807) is 13.8 Å². The first-order valence-corrected chi connectivity index (χ1v) is 10.2. The highest BCUT2D eigenvalue weighted by molar-refractivity contribution is 5.89. The van der Waals surface area contributed by atoms with Crippen LogP contribution < -0.4 is 15.8 Å². The normalized spacial score (nSPS) is 11.0. The highest BCUT2D eigenvalue weighted by Crippen LogP contribution is 2.28. The van der Waals surface area contributed by atoms with Gasteiger partial charge in [0.2, 0.25) is 17.7 Å². The van der Waals surface area contributed by atoms with E-state index in [2.05, 4.69) is 10.3 Å². The molecule has 3 N–H and O–H groups in total. The minimum absolute atomic E-state index is 0.223. The summed E-state index contributed by atoms with van der Waals surface area (Å²) in [7, 11) is 0. The molecule has 6 nitrogen and oxygen atoms in total. The Kier molecular flexibility index (Phi) is 7.03. The van der Waals surface area contributed by atoms with E-state index >= 15 is 0 Å². The molecule has 0 bridgehead atoms. The minimum Gasteiger partial charge on any atom is -0.478 e. The lowest BCUT2D eigenvalue weighted by atomic mass is 10.0. The SMILES string of the molecule is CC(C)(NC(=O)CCCOc1cc(-c2ccccc2)cc(-c2ccccc2)n1)C(N)=O. The molecule has 6 heteroatoms. The second-order valence-electron chi connectivity index (χ2n) is 7.80. The first-order valence-electron chi connectivity index (χ1n) is 10.2. The molecule has 0 aliphatic rings.